The number of hydrogen-bond donors (Lipinski definition) is 1. The molecule has 3 aromatic rings. The van der Waals surface area contributed by atoms with Gasteiger partial charge in [-0.2, -0.15) is 8.78 Å². The summed E-state index contributed by atoms with van der Waals surface area (Å²) in [5, 5.41) is 0. The van der Waals surface area contributed by atoms with E-state index in [1.54, 1.807) is 18.2 Å². The van der Waals surface area contributed by atoms with Crippen LogP contribution in [0, 0.1) is 0 Å². The van der Waals surface area contributed by atoms with E-state index < -0.39 is 12.7 Å². The van der Waals surface area contributed by atoms with Crippen LogP contribution in [0.2, 0.25) is 0 Å². The summed E-state index contributed by atoms with van der Waals surface area (Å²) >= 11 is 3.54. The van der Waals surface area contributed by atoms with Crippen molar-refractivity contribution in [3.05, 3.63) is 76.3 Å². The van der Waals surface area contributed by atoms with Gasteiger partial charge in [-0.1, -0.05) is 42.5 Å². The Labute approximate surface area is 157 Å². The summed E-state index contributed by atoms with van der Waals surface area (Å²) < 4.78 is 37.3. The van der Waals surface area contributed by atoms with Gasteiger partial charge in [0.05, 0.1) is 5.56 Å². The highest BCUT2D eigenvalue weighted by atomic mass is 79.9. The van der Waals surface area contributed by atoms with Gasteiger partial charge >= 0.3 is 6.61 Å². The predicted molar refractivity (Wildman–Crippen MR) is 99.5 cm³/mol. The molecule has 0 radical (unpaired) electrons. The minimum absolute atomic E-state index is 0.0712. The topological polar surface area (TPSA) is 44.5 Å². The number of alkyl halides is 2. The lowest BCUT2D eigenvalue weighted by molar-refractivity contribution is -0.0496. The summed E-state index contributed by atoms with van der Waals surface area (Å²) in [6.07, 6.45) is -0.418. The Morgan fingerprint density at radius 2 is 1.77 bits per heavy atom. The molecule has 0 amide bonds. The van der Waals surface area contributed by atoms with Crippen molar-refractivity contribution in [1.82, 2.24) is 0 Å². The van der Waals surface area contributed by atoms with E-state index in [0.717, 1.165) is 16.7 Å². The molecule has 4 rings (SSSR count). The fourth-order valence-corrected chi connectivity index (χ4v) is 3.76. The predicted octanol–water partition coefficient (Wildman–Crippen LogP) is 5.78. The summed E-state index contributed by atoms with van der Waals surface area (Å²) in [4.78, 5) is 0. The van der Waals surface area contributed by atoms with Crippen LogP contribution >= 0.6 is 15.9 Å². The Balaban J connectivity index is 1.97. The van der Waals surface area contributed by atoms with Gasteiger partial charge in [-0.05, 0) is 45.3 Å². The van der Waals surface area contributed by atoms with Crippen molar-refractivity contribution >= 4 is 21.6 Å². The smallest absolute Gasteiger partial charge is 0.387 e. The molecule has 2 N–H and O–H groups in total. The second-order valence-electron chi connectivity index (χ2n) is 5.85. The molecule has 1 aliphatic rings. The van der Waals surface area contributed by atoms with Crippen LogP contribution in [-0.2, 0) is 0 Å². The third-order valence-electron chi connectivity index (χ3n) is 4.29. The fourth-order valence-electron chi connectivity index (χ4n) is 3.20. The summed E-state index contributed by atoms with van der Waals surface area (Å²) in [6.45, 7) is -2.92. The molecule has 1 aliphatic heterocycles. The lowest BCUT2D eigenvalue weighted by atomic mass is 9.89. The summed E-state index contributed by atoms with van der Waals surface area (Å²) in [5.41, 5.74) is 9.58. The van der Waals surface area contributed by atoms with Crippen LogP contribution in [-0.4, -0.2) is 6.61 Å². The first kappa shape index (κ1) is 16.8. The number of halogens is 3. The average molecular weight is 418 g/mol. The molecule has 0 fully saturated rings. The molecule has 0 saturated carbocycles. The van der Waals surface area contributed by atoms with Gasteiger partial charge in [0.2, 0.25) is 0 Å². The van der Waals surface area contributed by atoms with E-state index in [0.29, 0.717) is 21.5 Å². The number of nitrogens with two attached hydrogens (primary N) is 1. The van der Waals surface area contributed by atoms with Gasteiger partial charge < -0.3 is 15.2 Å². The van der Waals surface area contributed by atoms with E-state index in [1.165, 1.54) is 6.07 Å². The summed E-state index contributed by atoms with van der Waals surface area (Å²) in [6, 6.07) is 18.1. The lowest BCUT2D eigenvalue weighted by Crippen LogP contribution is -2.17. The third kappa shape index (κ3) is 2.80. The van der Waals surface area contributed by atoms with Gasteiger partial charge in [0.25, 0.3) is 0 Å². The molecule has 1 heterocycles. The van der Waals surface area contributed by atoms with Gasteiger partial charge in [0.1, 0.15) is 11.5 Å². The SMILES string of the molecule is Nc1ccc2c(c1Br)C(c1ccccc1)Oc1cccc(OC(F)F)c1-2. The van der Waals surface area contributed by atoms with Crippen molar-refractivity contribution in [3.63, 3.8) is 0 Å². The molecule has 132 valence electrons. The number of nitrogen functional groups attached to an aromatic ring is 1. The Hall–Kier alpha value is -2.60. The van der Waals surface area contributed by atoms with Crippen LogP contribution < -0.4 is 15.2 Å². The van der Waals surface area contributed by atoms with Gasteiger partial charge in [-0.15, -0.1) is 0 Å². The van der Waals surface area contributed by atoms with Crippen molar-refractivity contribution in [2.24, 2.45) is 0 Å². The molecular weight excluding hydrogens is 404 g/mol. The van der Waals surface area contributed by atoms with Crippen LogP contribution in [0.4, 0.5) is 14.5 Å². The highest BCUT2D eigenvalue weighted by molar-refractivity contribution is 9.10. The maximum Gasteiger partial charge on any atom is 0.387 e. The highest BCUT2D eigenvalue weighted by Gasteiger charge is 2.32. The van der Waals surface area contributed by atoms with Gasteiger partial charge in [-0.3, -0.25) is 0 Å². The molecule has 0 bridgehead atoms. The van der Waals surface area contributed by atoms with Crippen molar-refractivity contribution in [3.8, 4) is 22.6 Å². The maximum atomic E-state index is 12.9. The fraction of sp³-hybridized carbons (Fsp3) is 0.100. The van der Waals surface area contributed by atoms with Crippen LogP contribution in [0.3, 0.4) is 0 Å². The first-order valence-corrected chi connectivity index (χ1v) is 8.73. The van der Waals surface area contributed by atoms with Gasteiger partial charge in [0, 0.05) is 15.7 Å². The zero-order chi connectivity index (χ0) is 18.3. The third-order valence-corrected chi connectivity index (χ3v) is 5.18. The van der Waals surface area contributed by atoms with E-state index in [1.807, 2.05) is 36.4 Å². The standard InChI is InChI=1S/C20H14BrF2NO2/c21-18-13(24)10-9-12-16-14(7-4-8-15(16)26-20(22)23)25-19(17(12)18)11-5-2-1-3-6-11/h1-10,19-20H,24H2. The summed E-state index contributed by atoms with van der Waals surface area (Å²) in [5.74, 6) is 0.558. The Bertz CT molecular complexity index is 964. The Kier molecular flexibility index (Phi) is 4.28. The van der Waals surface area contributed by atoms with Crippen LogP contribution in [0.25, 0.3) is 11.1 Å². The van der Waals surface area contributed by atoms with Crippen LogP contribution in [0.1, 0.15) is 17.2 Å². The second-order valence-corrected chi connectivity index (χ2v) is 6.64. The molecule has 1 atom stereocenters. The van der Waals surface area contributed by atoms with E-state index in [-0.39, 0.29) is 5.75 Å². The molecule has 0 aromatic heterocycles. The number of benzene rings is 3. The largest absolute Gasteiger partial charge is 0.480 e. The average Bonchev–Trinajstić information content (AvgIpc) is 2.64. The molecule has 0 aliphatic carbocycles. The first-order valence-electron chi connectivity index (χ1n) is 7.94. The molecule has 6 heteroatoms. The Morgan fingerprint density at radius 1 is 1.00 bits per heavy atom. The molecule has 3 aromatic carbocycles. The van der Waals surface area contributed by atoms with Crippen molar-refractivity contribution < 1.29 is 18.3 Å². The zero-order valence-electron chi connectivity index (χ0n) is 13.5. The van der Waals surface area contributed by atoms with Gasteiger partial charge in [-0.25, -0.2) is 0 Å². The first-order chi connectivity index (χ1) is 12.6. The van der Waals surface area contributed by atoms with E-state index in [4.69, 9.17) is 15.2 Å². The van der Waals surface area contributed by atoms with E-state index >= 15 is 0 Å². The zero-order valence-corrected chi connectivity index (χ0v) is 15.0. The van der Waals surface area contributed by atoms with Crippen molar-refractivity contribution in [2.75, 3.05) is 5.73 Å². The van der Waals surface area contributed by atoms with Crippen LogP contribution in [0.5, 0.6) is 11.5 Å². The number of hydrogen-bond acceptors (Lipinski definition) is 3. The molecular formula is C20H14BrF2NO2. The number of anilines is 1. The number of fused-ring (bicyclic) bond motifs is 3. The van der Waals surface area contributed by atoms with Crippen molar-refractivity contribution in [2.45, 2.75) is 12.7 Å². The Morgan fingerprint density at radius 3 is 2.50 bits per heavy atom. The maximum absolute atomic E-state index is 12.9. The quantitative estimate of drug-likeness (QED) is 0.549. The van der Waals surface area contributed by atoms with Crippen molar-refractivity contribution in [1.29, 1.82) is 0 Å². The molecule has 3 nitrogen and oxygen atoms in total. The molecule has 1 unspecified atom stereocenters. The molecule has 0 spiro atoms. The normalized spacial score (nSPS) is 15.2. The van der Waals surface area contributed by atoms with Crippen LogP contribution in [0.15, 0.2) is 65.1 Å². The monoisotopic (exact) mass is 417 g/mol. The number of ether oxygens (including phenoxy) is 2. The second kappa shape index (κ2) is 6.61. The van der Waals surface area contributed by atoms with Gasteiger partial charge in [0.15, 0.2) is 6.10 Å². The lowest BCUT2D eigenvalue weighted by Gasteiger charge is -2.31. The summed E-state index contributed by atoms with van der Waals surface area (Å²) in [7, 11) is 0. The minimum Gasteiger partial charge on any atom is -0.480 e. The number of rotatable bonds is 3. The van der Waals surface area contributed by atoms with E-state index in [9.17, 15) is 8.78 Å². The highest BCUT2D eigenvalue weighted by Crippen LogP contribution is 2.52. The minimum atomic E-state index is -2.92. The molecule has 0 saturated heterocycles. The molecule has 26 heavy (non-hydrogen) atoms. The van der Waals surface area contributed by atoms with E-state index in [2.05, 4.69) is 15.9 Å².